The summed E-state index contributed by atoms with van der Waals surface area (Å²) in [5.74, 6) is 0.415. The lowest BCUT2D eigenvalue weighted by Crippen LogP contribution is -2.50. The number of thioether (sulfide) groups is 1. The number of nitrogens with one attached hydrogen (secondary N) is 1. The molecule has 2 aromatic rings. The Morgan fingerprint density at radius 2 is 1.88 bits per heavy atom. The summed E-state index contributed by atoms with van der Waals surface area (Å²) < 4.78 is 1.89. The molecular formula is C22H31N7O2S. The van der Waals surface area contributed by atoms with E-state index in [2.05, 4.69) is 32.7 Å². The van der Waals surface area contributed by atoms with Gasteiger partial charge < -0.3 is 10.2 Å². The number of para-hydroxylation sites is 1. The predicted molar refractivity (Wildman–Crippen MR) is 124 cm³/mol. The minimum Gasteiger partial charge on any atom is -0.339 e. The van der Waals surface area contributed by atoms with E-state index >= 15 is 0 Å². The van der Waals surface area contributed by atoms with E-state index in [1.54, 1.807) is 0 Å². The third-order valence-electron chi connectivity index (χ3n) is 6.22. The Labute approximate surface area is 192 Å². The Morgan fingerprint density at radius 1 is 1.12 bits per heavy atom. The SMILES string of the molecule is CCc1ccccc1NC(=O)CN1CCN(C(=O)CSc2nnnn2C2CCCC2)CC1. The van der Waals surface area contributed by atoms with Crippen LogP contribution in [0.15, 0.2) is 29.4 Å². The van der Waals surface area contributed by atoms with E-state index in [-0.39, 0.29) is 11.8 Å². The number of amides is 2. The third-order valence-corrected chi connectivity index (χ3v) is 7.14. The van der Waals surface area contributed by atoms with Crippen molar-refractivity contribution >= 4 is 29.3 Å². The maximum absolute atomic E-state index is 12.7. The van der Waals surface area contributed by atoms with E-state index in [0.717, 1.165) is 35.7 Å². The number of aryl methyl sites for hydroxylation is 1. The topological polar surface area (TPSA) is 96.2 Å². The van der Waals surface area contributed by atoms with E-state index in [9.17, 15) is 9.59 Å². The lowest BCUT2D eigenvalue weighted by atomic mass is 10.1. The monoisotopic (exact) mass is 457 g/mol. The van der Waals surface area contributed by atoms with Gasteiger partial charge in [-0.3, -0.25) is 14.5 Å². The molecule has 32 heavy (non-hydrogen) atoms. The Bertz CT molecular complexity index is 921. The highest BCUT2D eigenvalue weighted by Crippen LogP contribution is 2.31. The van der Waals surface area contributed by atoms with Gasteiger partial charge in [0.05, 0.1) is 18.3 Å². The number of hydrogen-bond acceptors (Lipinski definition) is 7. The second kappa shape index (κ2) is 10.9. The molecule has 1 saturated carbocycles. The van der Waals surface area contributed by atoms with Crippen LogP contribution in [0.3, 0.4) is 0 Å². The maximum atomic E-state index is 12.7. The number of nitrogens with zero attached hydrogens (tertiary/aromatic N) is 6. The van der Waals surface area contributed by atoms with Gasteiger partial charge in [-0.05, 0) is 41.3 Å². The molecule has 2 amide bonds. The molecule has 1 aromatic carbocycles. The molecule has 2 fully saturated rings. The molecule has 4 rings (SSSR count). The van der Waals surface area contributed by atoms with Gasteiger partial charge in [0.2, 0.25) is 17.0 Å². The molecule has 0 radical (unpaired) electrons. The predicted octanol–water partition coefficient (Wildman–Crippen LogP) is 2.23. The molecule has 1 aliphatic heterocycles. The van der Waals surface area contributed by atoms with Crippen molar-refractivity contribution < 1.29 is 9.59 Å². The molecule has 1 saturated heterocycles. The second-order valence-corrected chi connectivity index (χ2v) is 9.29. The zero-order chi connectivity index (χ0) is 22.3. The van der Waals surface area contributed by atoms with Gasteiger partial charge in [0, 0.05) is 31.9 Å². The molecule has 1 aromatic heterocycles. The van der Waals surface area contributed by atoms with Gasteiger partial charge in [-0.1, -0.05) is 49.7 Å². The summed E-state index contributed by atoms with van der Waals surface area (Å²) in [5, 5.41) is 15.8. The minimum absolute atomic E-state index is 0.0139. The lowest BCUT2D eigenvalue weighted by Gasteiger charge is -2.34. The van der Waals surface area contributed by atoms with Crippen LogP contribution < -0.4 is 5.32 Å². The number of benzene rings is 1. The van der Waals surface area contributed by atoms with Crippen LogP contribution in [0, 0.1) is 0 Å². The smallest absolute Gasteiger partial charge is 0.238 e. The summed E-state index contributed by atoms with van der Waals surface area (Å²) in [6, 6.07) is 8.25. The third kappa shape index (κ3) is 5.66. The van der Waals surface area contributed by atoms with E-state index < -0.39 is 0 Å². The van der Waals surface area contributed by atoms with Crippen molar-refractivity contribution in [3.63, 3.8) is 0 Å². The van der Waals surface area contributed by atoms with Gasteiger partial charge in [0.1, 0.15) is 0 Å². The van der Waals surface area contributed by atoms with Crippen molar-refractivity contribution in [2.45, 2.75) is 50.2 Å². The van der Waals surface area contributed by atoms with Gasteiger partial charge in [-0.15, -0.1) is 5.10 Å². The first-order valence-electron chi connectivity index (χ1n) is 11.4. The van der Waals surface area contributed by atoms with Gasteiger partial charge in [0.15, 0.2) is 0 Å². The van der Waals surface area contributed by atoms with E-state index in [1.165, 1.54) is 24.6 Å². The van der Waals surface area contributed by atoms with Gasteiger partial charge in [0.25, 0.3) is 0 Å². The van der Waals surface area contributed by atoms with Gasteiger partial charge >= 0.3 is 0 Å². The number of carbonyl (C=O) groups is 2. The quantitative estimate of drug-likeness (QED) is 0.607. The standard InChI is InChI=1S/C22H31N7O2S/c1-2-17-7-3-6-10-19(17)23-20(30)15-27-11-13-28(14-12-27)21(31)16-32-22-24-25-26-29(22)18-8-4-5-9-18/h3,6-7,10,18H,2,4-5,8-9,11-16H2,1H3,(H,23,30). The Balaban J connectivity index is 1.20. The second-order valence-electron chi connectivity index (χ2n) is 8.35. The van der Waals surface area contributed by atoms with Crippen LogP contribution in [0.1, 0.15) is 44.2 Å². The van der Waals surface area contributed by atoms with Crippen LogP contribution in [-0.4, -0.2) is 80.3 Å². The fraction of sp³-hybridized carbons (Fsp3) is 0.591. The molecule has 9 nitrogen and oxygen atoms in total. The van der Waals surface area contributed by atoms with Crippen molar-refractivity contribution in [2.24, 2.45) is 0 Å². The first-order chi connectivity index (χ1) is 15.6. The summed E-state index contributed by atoms with van der Waals surface area (Å²) in [4.78, 5) is 29.1. The molecule has 0 spiro atoms. The normalized spacial score (nSPS) is 17.6. The van der Waals surface area contributed by atoms with Crippen LogP contribution in [-0.2, 0) is 16.0 Å². The number of piperazine rings is 1. The average molecular weight is 458 g/mol. The highest BCUT2D eigenvalue weighted by atomic mass is 32.2. The molecular weight excluding hydrogens is 426 g/mol. The van der Waals surface area contributed by atoms with Crippen molar-refractivity contribution in [1.82, 2.24) is 30.0 Å². The molecule has 0 bridgehead atoms. The Hall–Kier alpha value is -2.46. The highest BCUT2D eigenvalue weighted by Gasteiger charge is 2.25. The van der Waals surface area contributed by atoms with E-state index in [4.69, 9.17) is 0 Å². The fourth-order valence-corrected chi connectivity index (χ4v) is 5.22. The first kappa shape index (κ1) is 22.7. The van der Waals surface area contributed by atoms with Crippen LogP contribution in [0.5, 0.6) is 0 Å². The van der Waals surface area contributed by atoms with Crippen LogP contribution in [0.2, 0.25) is 0 Å². The number of anilines is 1. The fourth-order valence-electron chi connectivity index (χ4n) is 4.37. The highest BCUT2D eigenvalue weighted by molar-refractivity contribution is 7.99. The van der Waals surface area contributed by atoms with Crippen LogP contribution >= 0.6 is 11.8 Å². The number of rotatable bonds is 8. The number of carbonyl (C=O) groups excluding carboxylic acids is 2. The number of tetrazole rings is 1. The molecule has 10 heteroatoms. The van der Waals surface area contributed by atoms with Gasteiger partial charge in [-0.25, -0.2) is 4.68 Å². The van der Waals surface area contributed by atoms with Crippen molar-refractivity contribution in [2.75, 3.05) is 43.8 Å². The Kier molecular flexibility index (Phi) is 7.75. The molecule has 2 heterocycles. The minimum atomic E-state index is -0.0139. The number of hydrogen-bond donors (Lipinski definition) is 1. The van der Waals surface area contributed by atoms with Crippen LogP contribution in [0.4, 0.5) is 5.69 Å². The average Bonchev–Trinajstić information content (AvgIpc) is 3.50. The molecule has 1 N–H and O–H groups in total. The van der Waals surface area contributed by atoms with Gasteiger partial charge in [-0.2, -0.15) is 0 Å². The molecule has 0 atom stereocenters. The Morgan fingerprint density at radius 3 is 2.62 bits per heavy atom. The summed E-state index contributed by atoms with van der Waals surface area (Å²) in [6.45, 7) is 5.06. The van der Waals surface area contributed by atoms with Crippen molar-refractivity contribution in [3.8, 4) is 0 Å². The molecule has 172 valence electrons. The summed E-state index contributed by atoms with van der Waals surface area (Å²) in [7, 11) is 0. The van der Waals surface area contributed by atoms with E-state index in [1.807, 2.05) is 33.8 Å². The lowest BCUT2D eigenvalue weighted by molar-refractivity contribution is -0.130. The largest absolute Gasteiger partial charge is 0.339 e. The van der Waals surface area contributed by atoms with Crippen molar-refractivity contribution in [1.29, 1.82) is 0 Å². The van der Waals surface area contributed by atoms with Crippen molar-refractivity contribution in [3.05, 3.63) is 29.8 Å². The zero-order valence-electron chi connectivity index (χ0n) is 18.6. The molecule has 0 unspecified atom stereocenters. The number of aromatic nitrogens is 4. The van der Waals surface area contributed by atoms with Crippen LogP contribution in [0.25, 0.3) is 0 Å². The molecule has 2 aliphatic rings. The summed E-state index contributed by atoms with van der Waals surface area (Å²) in [6.07, 6.45) is 5.50. The summed E-state index contributed by atoms with van der Waals surface area (Å²) >= 11 is 1.42. The zero-order valence-corrected chi connectivity index (χ0v) is 19.4. The van der Waals surface area contributed by atoms with E-state index in [0.29, 0.717) is 44.5 Å². The molecule has 1 aliphatic carbocycles. The summed E-state index contributed by atoms with van der Waals surface area (Å²) in [5.41, 5.74) is 2.01. The first-order valence-corrected chi connectivity index (χ1v) is 12.4. The maximum Gasteiger partial charge on any atom is 0.238 e.